The number of rotatable bonds is 1. The lowest BCUT2D eigenvalue weighted by Crippen LogP contribution is -2.29. The van der Waals surface area contributed by atoms with E-state index in [2.05, 4.69) is 4.98 Å². The van der Waals surface area contributed by atoms with E-state index in [-0.39, 0.29) is 11.1 Å². The monoisotopic (exact) mass is 217 g/mol. The number of carboxylic acid groups (broad SMARTS) is 1. The highest BCUT2D eigenvalue weighted by Gasteiger charge is 2.24. The highest BCUT2D eigenvalue weighted by molar-refractivity contribution is 5.92. The molecule has 0 atom stereocenters. The number of aromatic nitrogens is 1. The lowest BCUT2D eigenvalue weighted by Gasteiger charge is -2.25. The Morgan fingerprint density at radius 1 is 1.69 bits per heavy atom. The Hall–Kier alpha value is -1.93. The molecule has 0 saturated carbocycles. The fourth-order valence-electron chi connectivity index (χ4n) is 1.95. The molecule has 0 saturated heterocycles. The van der Waals surface area contributed by atoms with Crippen LogP contribution in [0.3, 0.4) is 0 Å². The topological polar surface area (TPSA) is 77.2 Å². The molecule has 16 heavy (non-hydrogen) atoms. The molecule has 0 radical (unpaired) electrons. The van der Waals surface area contributed by atoms with Crippen LogP contribution in [0.4, 0.5) is 0 Å². The van der Waals surface area contributed by atoms with Crippen molar-refractivity contribution < 1.29 is 9.90 Å². The fourth-order valence-corrected chi connectivity index (χ4v) is 1.95. The summed E-state index contributed by atoms with van der Waals surface area (Å²) in [5, 5.41) is 18.0. The summed E-state index contributed by atoms with van der Waals surface area (Å²) in [6.45, 7) is 1.41. The predicted octanol–water partition coefficient (Wildman–Crippen LogP) is 0.639. The molecule has 0 fully saturated rings. The van der Waals surface area contributed by atoms with Crippen molar-refractivity contribution in [3.8, 4) is 6.07 Å². The average molecular weight is 217 g/mol. The van der Waals surface area contributed by atoms with Gasteiger partial charge in [-0.1, -0.05) is 0 Å². The van der Waals surface area contributed by atoms with E-state index in [1.165, 1.54) is 6.20 Å². The molecule has 5 heteroatoms. The minimum absolute atomic E-state index is 0.110. The summed E-state index contributed by atoms with van der Waals surface area (Å²) in [7, 11) is 1.92. The van der Waals surface area contributed by atoms with E-state index in [4.69, 9.17) is 10.4 Å². The third-order valence-corrected chi connectivity index (χ3v) is 2.76. The van der Waals surface area contributed by atoms with Crippen molar-refractivity contribution in [2.45, 2.75) is 13.0 Å². The molecule has 82 valence electrons. The van der Waals surface area contributed by atoms with Crippen molar-refractivity contribution in [3.63, 3.8) is 0 Å². The first kappa shape index (κ1) is 10.6. The van der Waals surface area contributed by atoms with Gasteiger partial charge in [0.25, 0.3) is 0 Å². The summed E-state index contributed by atoms with van der Waals surface area (Å²) in [5.41, 5.74) is 1.73. The maximum atomic E-state index is 11.2. The summed E-state index contributed by atoms with van der Waals surface area (Å²) in [5.74, 6) is -1.05. The number of carboxylic acids is 1. The van der Waals surface area contributed by atoms with Crippen LogP contribution in [-0.4, -0.2) is 34.6 Å². The second-order valence-corrected chi connectivity index (χ2v) is 3.88. The van der Waals surface area contributed by atoms with Crippen molar-refractivity contribution in [3.05, 3.63) is 28.6 Å². The Morgan fingerprint density at radius 2 is 2.44 bits per heavy atom. The summed E-state index contributed by atoms with van der Waals surface area (Å²) in [6, 6.07) is 1.88. The van der Waals surface area contributed by atoms with Crippen LogP contribution in [0.15, 0.2) is 6.20 Å². The largest absolute Gasteiger partial charge is 0.478 e. The third-order valence-electron chi connectivity index (χ3n) is 2.76. The van der Waals surface area contributed by atoms with Crippen LogP contribution in [0.25, 0.3) is 0 Å². The van der Waals surface area contributed by atoms with Crippen molar-refractivity contribution in [2.75, 3.05) is 13.6 Å². The summed E-state index contributed by atoms with van der Waals surface area (Å²) >= 11 is 0. The van der Waals surface area contributed by atoms with Crippen molar-refractivity contribution in [1.29, 1.82) is 5.26 Å². The van der Waals surface area contributed by atoms with Gasteiger partial charge in [0.15, 0.2) is 0 Å². The summed E-state index contributed by atoms with van der Waals surface area (Å²) in [4.78, 5) is 17.3. The molecular formula is C11H11N3O2. The number of nitrogens with zero attached hydrogens (tertiary/aromatic N) is 3. The molecule has 1 N–H and O–H groups in total. The average Bonchev–Trinajstić information content (AvgIpc) is 2.26. The van der Waals surface area contributed by atoms with E-state index >= 15 is 0 Å². The van der Waals surface area contributed by atoms with E-state index in [0.717, 1.165) is 18.7 Å². The summed E-state index contributed by atoms with van der Waals surface area (Å²) < 4.78 is 0. The second-order valence-electron chi connectivity index (χ2n) is 3.88. The SMILES string of the molecule is CN1CCc2ncc(C#N)c(C(=O)O)c2C1. The van der Waals surface area contributed by atoms with Crippen LogP contribution < -0.4 is 0 Å². The van der Waals surface area contributed by atoms with Gasteiger partial charge in [-0.25, -0.2) is 4.79 Å². The number of nitriles is 1. The molecule has 0 amide bonds. The minimum atomic E-state index is -1.05. The van der Waals surface area contributed by atoms with Crippen molar-refractivity contribution in [2.24, 2.45) is 0 Å². The minimum Gasteiger partial charge on any atom is -0.478 e. The van der Waals surface area contributed by atoms with Gasteiger partial charge in [0.2, 0.25) is 0 Å². The Kier molecular flexibility index (Phi) is 2.59. The zero-order valence-corrected chi connectivity index (χ0v) is 8.90. The van der Waals surface area contributed by atoms with E-state index in [0.29, 0.717) is 12.1 Å². The standard InChI is InChI=1S/C11H11N3O2/c1-14-3-2-9-8(6-14)10(11(15)16)7(4-12)5-13-9/h5H,2-3,6H2,1H3,(H,15,16). The molecule has 0 spiro atoms. The molecule has 0 aliphatic carbocycles. The zero-order valence-electron chi connectivity index (χ0n) is 8.90. The number of hydrogen-bond donors (Lipinski definition) is 1. The van der Waals surface area contributed by atoms with Crippen LogP contribution >= 0.6 is 0 Å². The molecule has 2 rings (SSSR count). The number of pyridine rings is 1. The molecule has 2 heterocycles. The van der Waals surface area contributed by atoms with Gasteiger partial charge in [-0.2, -0.15) is 5.26 Å². The normalized spacial score (nSPS) is 15.2. The van der Waals surface area contributed by atoms with Crippen LogP contribution in [-0.2, 0) is 13.0 Å². The molecule has 1 aromatic heterocycles. The molecule has 1 aliphatic rings. The maximum absolute atomic E-state index is 11.2. The molecule has 5 nitrogen and oxygen atoms in total. The maximum Gasteiger partial charge on any atom is 0.337 e. The Balaban J connectivity index is 2.63. The van der Waals surface area contributed by atoms with Gasteiger partial charge in [-0.05, 0) is 7.05 Å². The Labute approximate surface area is 92.9 Å². The number of hydrogen-bond acceptors (Lipinski definition) is 4. The fraction of sp³-hybridized carbons (Fsp3) is 0.364. The van der Waals surface area contributed by atoms with Gasteiger partial charge < -0.3 is 10.0 Å². The Morgan fingerprint density at radius 3 is 3.06 bits per heavy atom. The Bertz CT molecular complexity index is 491. The third kappa shape index (κ3) is 1.64. The molecule has 0 unspecified atom stereocenters. The van der Waals surface area contributed by atoms with Crippen molar-refractivity contribution in [1.82, 2.24) is 9.88 Å². The van der Waals surface area contributed by atoms with Crippen LogP contribution in [0.1, 0.15) is 27.2 Å². The summed E-state index contributed by atoms with van der Waals surface area (Å²) in [6.07, 6.45) is 2.09. The van der Waals surface area contributed by atoms with Gasteiger partial charge in [-0.3, -0.25) is 4.98 Å². The van der Waals surface area contributed by atoms with Gasteiger partial charge in [-0.15, -0.1) is 0 Å². The van der Waals surface area contributed by atoms with Crippen molar-refractivity contribution >= 4 is 5.97 Å². The van der Waals surface area contributed by atoms with E-state index < -0.39 is 5.97 Å². The van der Waals surface area contributed by atoms with Gasteiger partial charge >= 0.3 is 5.97 Å². The number of aromatic carboxylic acids is 1. The van der Waals surface area contributed by atoms with Crippen LogP contribution in [0.2, 0.25) is 0 Å². The number of fused-ring (bicyclic) bond motifs is 1. The van der Waals surface area contributed by atoms with Gasteiger partial charge in [0, 0.05) is 37.0 Å². The quantitative estimate of drug-likeness (QED) is 0.746. The number of carbonyl (C=O) groups is 1. The molecular weight excluding hydrogens is 206 g/mol. The lowest BCUT2D eigenvalue weighted by atomic mass is 9.97. The van der Waals surface area contributed by atoms with Gasteiger partial charge in [0.1, 0.15) is 6.07 Å². The molecule has 1 aliphatic heterocycles. The molecule has 0 bridgehead atoms. The first-order valence-corrected chi connectivity index (χ1v) is 4.96. The van der Waals surface area contributed by atoms with E-state index in [1.54, 1.807) is 0 Å². The zero-order chi connectivity index (χ0) is 11.7. The first-order valence-electron chi connectivity index (χ1n) is 4.96. The van der Waals surface area contributed by atoms with E-state index in [1.807, 2.05) is 18.0 Å². The van der Waals surface area contributed by atoms with E-state index in [9.17, 15) is 4.79 Å². The number of likely N-dealkylation sites (N-methyl/N-ethyl adjacent to an activating group) is 1. The second kappa shape index (κ2) is 3.91. The van der Waals surface area contributed by atoms with Crippen LogP contribution in [0, 0.1) is 11.3 Å². The predicted molar refractivity (Wildman–Crippen MR) is 55.9 cm³/mol. The molecule has 0 aromatic carbocycles. The van der Waals surface area contributed by atoms with Gasteiger partial charge in [0.05, 0.1) is 11.1 Å². The molecule has 1 aromatic rings. The lowest BCUT2D eigenvalue weighted by molar-refractivity contribution is 0.0693. The van der Waals surface area contributed by atoms with Crippen LogP contribution in [0.5, 0.6) is 0 Å². The highest BCUT2D eigenvalue weighted by atomic mass is 16.4. The first-order chi connectivity index (χ1) is 7.63. The highest BCUT2D eigenvalue weighted by Crippen LogP contribution is 2.22. The smallest absolute Gasteiger partial charge is 0.337 e.